The predicted molar refractivity (Wildman–Crippen MR) is 80.2 cm³/mol. The van der Waals surface area contributed by atoms with Crippen LogP contribution in [0.5, 0.6) is 0 Å². The van der Waals surface area contributed by atoms with Gasteiger partial charge in [0.25, 0.3) is 11.8 Å². The number of carboxylic acids is 2. The van der Waals surface area contributed by atoms with Crippen LogP contribution < -0.4 is 10.2 Å². The van der Waals surface area contributed by atoms with Gasteiger partial charge in [-0.25, -0.2) is 0 Å². The van der Waals surface area contributed by atoms with Gasteiger partial charge in [0.15, 0.2) is 0 Å². The molecule has 0 N–H and O–H groups in total. The summed E-state index contributed by atoms with van der Waals surface area (Å²) in [6.45, 7) is 0. The highest BCUT2D eigenvalue weighted by Gasteiger charge is 2.40. The number of rotatable bonds is 5. The first-order valence-corrected chi connectivity index (χ1v) is 7.38. The van der Waals surface area contributed by atoms with E-state index in [0.29, 0.717) is 10.5 Å². The number of carbonyl (C=O) groups is 4. The molecule has 0 bridgehead atoms. The molecule has 0 saturated carbocycles. The molecule has 0 unspecified atom stereocenters. The average molecular weight is 337 g/mol. The Morgan fingerprint density at radius 1 is 0.920 bits per heavy atom. The number of imide groups is 1. The number of carbonyl (C=O) groups excluding carboxylic acids is 4. The molecule has 2 aromatic carbocycles. The lowest BCUT2D eigenvalue weighted by Crippen LogP contribution is -2.51. The maximum absolute atomic E-state index is 12.5. The molecular weight excluding hydrogens is 326 g/mol. The normalized spacial score (nSPS) is 14.3. The topological polar surface area (TPSA) is 118 Å². The minimum atomic E-state index is -1.57. The van der Waals surface area contributed by atoms with Crippen LogP contribution in [0.3, 0.4) is 0 Å². The maximum Gasteiger partial charge on any atom is 0.262 e. The number of benzene rings is 2. The first-order valence-electron chi connectivity index (χ1n) is 7.38. The third-order valence-corrected chi connectivity index (χ3v) is 4.01. The summed E-state index contributed by atoms with van der Waals surface area (Å²) in [4.78, 5) is 48.1. The molecule has 2 amide bonds. The lowest BCUT2D eigenvalue weighted by molar-refractivity contribution is -0.310. The lowest BCUT2D eigenvalue weighted by Gasteiger charge is -2.27. The number of nitrogens with zero attached hydrogens (tertiary/aromatic N) is 1. The van der Waals surface area contributed by atoms with Gasteiger partial charge in [-0.1, -0.05) is 36.4 Å². The van der Waals surface area contributed by atoms with Crippen molar-refractivity contribution in [2.75, 3.05) is 0 Å². The van der Waals surface area contributed by atoms with E-state index in [2.05, 4.69) is 0 Å². The minimum absolute atomic E-state index is 0.0469. The van der Waals surface area contributed by atoms with E-state index in [4.69, 9.17) is 0 Å². The van der Waals surface area contributed by atoms with Crippen LogP contribution in [0, 0.1) is 0 Å². The van der Waals surface area contributed by atoms with Gasteiger partial charge in [0.05, 0.1) is 29.1 Å². The van der Waals surface area contributed by atoms with Crippen molar-refractivity contribution in [3.8, 4) is 0 Å². The molecule has 0 aliphatic carbocycles. The van der Waals surface area contributed by atoms with Crippen molar-refractivity contribution in [1.82, 2.24) is 4.90 Å². The lowest BCUT2D eigenvalue weighted by atomic mass is 10.0. The summed E-state index contributed by atoms with van der Waals surface area (Å²) in [6.07, 6.45) is -0.109. The van der Waals surface area contributed by atoms with Crippen molar-refractivity contribution >= 4 is 23.8 Å². The molecule has 0 fully saturated rings. The highest BCUT2D eigenvalue weighted by molar-refractivity contribution is 6.23. The second-order valence-corrected chi connectivity index (χ2v) is 5.55. The number of fused-ring (bicyclic) bond motifs is 1. The summed E-state index contributed by atoms with van der Waals surface area (Å²) in [5.74, 6) is -4.73. The van der Waals surface area contributed by atoms with E-state index in [0.717, 1.165) is 12.1 Å². The second-order valence-electron chi connectivity index (χ2n) is 5.55. The Labute approximate surface area is 142 Å². The van der Waals surface area contributed by atoms with Gasteiger partial charge in [-0.15, -0.1) is 0 Å². The van der Waals surface area contributed by atoms with Crippen LogP contribution in [0.15, 0.2) is 48.5 Å². The van der Waals surface area contributed by atoms with Crippen molar-refractivity contribution in [1.29, 1.82) is 0 Å². The summed E-state index contributed by atoms with van der Waals surface area (Å²) in [5.41, 5.74) is 0.138. The molecular formula is C18H11NO6-2. The first kappa shape index (κ1) is 16.4. The fourth-order valence-electron chi connectivity index (χ4n) is 2.79. The minimum Gasteiger partial charge on any atom is -0.548 e. The fraction of sp³-hybridized carbons (Fsp3) is 0.111. The van der Waals surface area contributed by atoms with E-state index in [1.807, 2.05) is 0 Å². The monoisotopic (exact) mass is 337 g/mol. The number of aliphatic carboxylic acids is 1. The number of hydrogen-bond acceptors (Lipinski definition) is 6. The van der Waals surface area contributed by atoms with E-state index < -0.39 is 29.8 Å². The number of amides is 2. The molecule has 0 aromatic heterocycles. The standard InChI is InChI=1S/C18H13NO6/c20-15-12-7-6-11(17(22)23)9-13(12)16(21)19(15)14(18(24)25)8-10-4-2-1-3-5-10/h1-7,9,14H,8H2,(H,22,23)(H,24,25)/p-2/t14-/m0/s1. The molecule has 0 saturated heterocycles. The van der Waals surface area contributed by atoms with E-state index >= 15 is 0 Å². The summed E-state index contributed by atoms with van der Waals surface area (Å²) in [7, 11) is 0. The van der Waals surface area contributed by atoms with Crippen LogP contribution in [-0.2, 0) is 11.2 Å². The van der Waals surface area contributed by atoms with Crippen LogP contribution in [0.4, 0.5) is 0 Å². The van der Waals surface area contributed by atoms with Crippen molar-refractivity contribution in [3.05, 3.63) is 70.8 Å². The predicted octanol–water partition coefficient (Wildman–Crippen LogP) is -0.993. The highest BCUT2D eigenvalue weighted by atomic mass is 16.4. The number of aromatic carboxylic acids is 1. The van der Waals surface area contributed by atoms with Gasteiger partial charge in [-0.3, -0.25) is 14.5 Å². The summed E-state index contributed by atoms with van der Waals surface area (Å²) in [6, 6.07) is 10.3. The number of carboxylic acid groups (broad SMARTS) is 2. The molecule has 7 nitrogen and oxygen atoms in total. The van der Waals surface area contributed by atoms with Crippen LogP contribution in [-0.4, -0.2) is 34.7 Å². The third kappa shape index (κ3) is 2.87. The van der Waals surface area contributed by atoms with E-state index in [1.54, 1.807) is 30.3 Å². The molecule has 3 rings (SSSR count). The van der Waals surface area contributed by atoms with Crippen molar-refractivity contribution < 1.29 is 29.4 Å². The fourth-order valence-corrected chi connectivity index (χ4v) is 2.79. The Morgan fingerprint density at radius 3 is 2.16 bits per heavy atom. The van der Waals surface area contributed by atoms with Gasteiger partial charge in [0.1, 0.15) is 0 Å². The Kier molecular flexibility index (Phi) is 4.06. The quantitative estimate of drug-likeness (QED) is 0.646. The number of hydrogen-bond donors (Lipinski definition) is 0. The van der Waals surface area contributed by atoms with Gasteiger partial charge in [0, 0.05) is 0 Å². The Balaban J connectivity index is 1.98. The van der Waals surface area contributed by atoms with Crippen molar-refractivity contribution in [2.45, 2.75) is 12.5 Å². The van der Waals surface area contributed by atoms with Gasteiger partial charge in [-0.2, -0.15) is 0 Å². The summed E-state index contributed by atoms with van der Waals surface area (Å²) in [5, 5.41) is 22.5. The van der Waals surface area contributed by atoms with Crippen molar-refractivity contribution in [3.63, 3.8) is 0 Å². The maximum atomic E-state index is 12.5. The third-order valence-electron chi connectivity index (χ3n) is 4.01. The zero-order chi connectivity index (χ0) is 18.1. The first-order chi connectivity index (χ1) is 11.9. The second kappa shape index (κ2) is 6.20. The summed E-state index contributed by atoms with van der Waals surface area (Å²) < 4.78 is 0. The van der Waals surface area contributed by atoms with Gasteiger partial charge >= 0.3 is 0 Å². The molecule has 25 heavy (non-hydrogen) atoms. The average Bonchev–Trinajstić information content (AvgIpc) is 2.84. The molecule has 2 aromatic rings. The van der Waals surface area contributed by atoms with E-state index in [-0.39, 0.29) is 23.1 Å². The van der Waals surface area contributed by atoms with Crippen molar-refractivity contribution in [2.24, 2.45) is 0 Å². The molecule has 7 heteroatoms. The van der Waals surface area contributed by atoms with Crippen LogP contribution >= 0.6 is 0 Å². The molecule has 126 valence electrons. The molecule has 0 spiro atoms. The Morgan fingerprint density at radius 2 is 1.56 bits per heavy atom. The van der Waals surface area contributed by atoms with Crippen LogP contribution in [0.2, 0.25) is 0 Å². The molecule has 0 radical (unpaired) electrons. The van der Waals surface area contributed by atoms with Gasteiger partial charge < -0.3 is 19.8 Å². The van der Waals surface area contributed by atoms with E-state index in [9.17, 15) is 29.4 Å². The molecule has 1 heterocycles. The molecule has 1 aliphatic heterocycles. The smallest absolute Gasteiger partial charge is 0.262 e. The Hall–Kier alpha value is -3.48. The van der Waals surface area contributed by atoms with Crippen LogP contribution in [0.1, 0.15) is 36.6 Å². The molecule has 1 aliphatic rings. The van der Waals surface area contributed by atoms with Gasteiger partial charge in [0.2, 0.25) is 0 Å². The summed E-state index contributed by atoms with van der Waals surface area (Å²) >= 11 is 0. The van der Waals surface area contributed by atoms with Gasteiger partial charge in [-0.05, 0) is 29.7 Å². The van der Waals surface area contributed by atoms with E-state index in [1.165, 1.54) is 6.07 Å². The SMILES string of the molecule is O=C([O-])c1ccc2c(c1)C(=O)N([C@@H](Cc1ccccc1)C(=O)[O-])C2=O. The molecule has 1 atom stereocenters. The Bertz CT molecular complexity index is 890. The highest BCUT2D eigenvalue weighted by Crippen LogP contribution is 2.27. The largest absolute Gasteiger partial charge is 0.548 e. The van der Waals surface area contributed by atoms with Crippen LogP contribution in [0.25, 0.3) is 0 Å². The zero-order valence-electron chi connectivity index (χ0n) is 12.8. The zero-order valence-corrected chi connectivity index (χ0v) is 12.8.